The van der Waals surface area contributed by atoms with Crippen molar-refractivity contribution in [1.82, 2.24) is 15.2 Å². The molecule has 1 saturated heterocycles. The minimum absolute atomic E-state index is 0.00757. The second kappa shape index (κ2) is 9.86. The van der Waals surface area contributed by atoms with Crippen LogP contribution in [0, 0.1) is 5.92 Å². The van der Waals surface area contributed by atoms with Crippen LogP contribution in [0.2, 0.25) is 0 Å². The van der Waals surface area contributed by atoms with Gasteiger partial charge in [0.25, 0.3) is 0 Å². The van der Waals surface area contributed by atoms with Gasteiger partial charge in [-0.1, -0.05) is 19.3 Å². The first-order valence-electron chi connectivity index (χ1n) is 9.92. The van der Waals surface area contributed by atoms with E-state index in [2.05, 4.69) is 15.6 Å². The van der Waals surface area contributed by atoms with Gasteiger partial charge in [-0.25, -0.2) is 9.78 Å². The monoisotopic (exact) mass is 408 g/mol. The van der Waals surface area contributed by atoms with Gasteiger partial charge in [0.2, 0.25) is 5.91 Å². The molecular weight excluding hydrogens is 380 g/mol. The standard InChI is InChI=1S/C19H28N4O4S/c1-27-17(25)13-7-9-23(10-8-13)16(24)11-15-12-28-19(21-15)22-18(26)20-14-5-3-2-4-6-14/h12-14H,2-11H2,1H3,(H2,20,21,22,26). The number of ether oxygens (including phenoxy) is 1. The smallest absolute Gasteiger partial charge is 0.321 e. The van der Waals surface area contributed by atoms with Crippen molar-refractivity contribution in [3.05, 3.63) is 11.1 Å². The van der Waals surface area contributed by atoms with Gasteiger partial charge >= 0.3 is 12.0 Å². The highest BCUT2D eigenvalue weighted by atomic mass is 32.1. The van der Waals surface area contributed by atoms with Crippen LogP contribution >= 0.6 is 11.3 Å². The molecule has 2 aliphatic rings. The topological polar surface area (TPSA) is 101 Å². The lowest BCUT2D eigenvalue weighted by molar-refractivity contribution is -0.148. The number of aromatic nitrogens is 1. The number of methoxy groups -OCH3 is 1. The molecule has 0 spiro atoms. The lowest BCUT2D eigenvalue weighted by atomic mass is 9.96. The number of carbonyl (C=O) groups excluding carboxylic acids is 3. The average Bonchev–Trinajstić information content (AvgIpc) is 3.14. The first-order valence-corrected chi connectivity index (χ1v) is 10.8. The van der Waals surface area contributed by atoms with Crippen molar-refractivity contribution in [3.63, 3.8) is 0 Å². The number of anilines is 1. The Morgan fingerprint density at radius 3 is 2.57 bits per heavy atom. The van der Waals surface area contributed by atoms with Crippen molar-refractivity contribution in [1.29, 1.82) is 0 Å². The van der Waals surface area contributed by atoms with Crippen LogP contribution in [0.1, 0.15) is 50.6 Å². The second-order valence-corrected chi connectivity index (χ2v) is 8.29. The maximum Gasteiger partial charge on any atom is 0.321 e. The Labute approximate surface area is 169 Å². The molecule has 0 atom stereocenters. The molecule has 0 unspecified atom stereocenters. The third-order valence-corrected chi connectivity index (χ3v) is 6.23. The first-order chi connectivity index (χ1) is 13.5. The van der Waals surface area contributed by atoms with E-state index in [0.29, 0.717) is 36.8 Å². The van der Waals surface area contributed by atoms with Crippen LogP contribution in [-0.4, -0.2) is 54.0 Å². The number of rotatable bonds is 5. The lowest BCUT2D eigenvalue weighted by Gasteiger charge is -2.30. The van der Waals surface area contributed by atoms with E-state index in [1.807, 2.05) is 0 Å². The Bertz CT molecular complexity index is 694. The SMILES string of the molecule is COC(=O)C1CCN(C(=O)Cc2csc(NC(=O)NC3CCCCC3)n2)CC1. The molecule has 28 heavy (non-hydrogen) atoms. The number of nitrogens with one attached hydrogen (secondary N) is 2. The summed E-state index contributed by atoms with van der Waals surface area (Å²) in [6.45, 7) is 1.11. The van der Waals surface area contributed by atoms with Gasteiger partial charge in [-0.15, -0.1) is 11.3 Å². The quantitative estimate of drug-likeness (QED) is 0.729. The van der Waals surface area contributed by atoms with Crippen molar-refractivity contribution in [2.75, 3.05) is 25.5 Å². The maximum atomic E-state index is 12.5. The normalized spacial score (nSPS) is 18.5. The Morgan fingerprint density at radius 1 is 1.18 bits per heavy atom. The molecule has 154 valence electrons. The Balaban J connectivity index is 1.43. The van der Waals surface area contributed by atoms with E-state index in [1.54, 1.807) is 10.3 Å². The van der Waals surface area contributed by atoms with Crippen LogP contribution in [0.3, 0.4) is 0 Å². The predicted octanol–water partition coefficient (Wildman–Crippen LogP) is 2.55. The zero-order chi connectivity index (χ0) is 19.9. The number of esters is 1. The van der Waals surface area contributed by atoms with E-state index in [9.17, 15) is 14.4 Å². The minimum Gasteiger partial charge on any atom is -0.469 e. The molecule has 3 rings (SSSR count). The summed E-state index contributed by atoms with van der Waals surface area (Å²) >= 11 is 1.32. The second-order valence-electron chi connectivity index (χ2n) is 7.43. The van der Waals surface area contributed by atoms with Gasteiger partial charge in [0.15, 0.2) is 5.13 Å². The van der Waals surface area contributed by atoms with Gasteiger partial charge in [-0.2, -0.15) is 0 Å². The van der Waals surface area contributed by atoms with E-state index >= 15 is 0 Å². The van der Waals surface area contributed by atoms with E-state index < -0.39 is 0 Å². The van der Waals surface area contributed by atoms with E-state index in [4.69, 9.17) is 4.74 Å². The van der Waals surface area contributed by atoms with Gasteiger partial charge in [0.05, 0.1) is 25.1 Å². The largest absolute Gasteiger partial charge is 0.469 e. The number of nitrogens with zero attached hydrogens (tertiary/aromatic N) is 2. The molecule has 1 saturated carbocycles. The molecule has 0 aromatic carbocycles. The van der Waals surface area contributed by atoms with Crippen LogP contribution in [-0.2, 0) is 20.7 Å². The minimum atomic E-state index is -0.232. The summed E-state index contributed by atoms with van der Waals surface area (Å²) in [4.78, 5) is 42.3. The van der Waals surface area contributed by atoms with Gasteiger partial charge in [-0.3, -0.25) is 14.9 Å². The number of urea groups is 1. The summed E-state index contributed by atoms with van der Waals surface area (Å²) in [5.41, 5.74) is 0.651. The van der Waals surface area contributed by atoms with Crippen LogP contribution in [0.15, 0.2) is 5.38 Å². The van der Waals surface area contributed by atoms with Gasteiger partial charge in [0.1, 0.15) is 0 Å². The van der Waals surface area contributed by atoms with Gasteiger partial charge in [-0.05, 0) is 25.7 Å². The zero-order valence-electron chi connectivity index (χ0n) is 16.2. The fourth-order valence-corrected chi connectivity index (χ4v) is 4.51. The summed E-state index contributed by atoms with van der Waals surface area (Å²) in [5.74, 6) is -0.326. The highest BCUT2D eigenvalue weighted by Gasteiger charge is 2.28. The van der Waals surface area contributed by atoms with Crippen molar-refractivity contribution >= 4 is 34.4 Å². The molecule has 3 amide bonds. The van der Waals surface area contributed by atoms with Crippen molar-refractivity contribution in [3.8, 4) is 0 Å². The van der Waals surface area contributed by atoms with E-state index in [-0.39, 0.29) is 36.3 Å². The van der Waals surface area contributed by atoms with Gasteiger partial charge in [0, 0.05) is 24.5 Å². The number of piperidine rings is 1. The predicted molar refractivity (Wildman–Crippen MR) is 106 cm³/mol. The summed E-state index contributed by atoms with van der Waals surface area (Å²) < 4.78 is 4.77. The number of hydrogen-bond donors (Lipinski definition) is 2. The molecule has 1 aliphatic heterocycles. The molecule has 0 bridgehead atoms. The molecule has 2 N–H and O–H groups in total. The number of amides is 3. The molecule has 2 heterocycles. The van der Waals surface area contributed by atoms with Crippen molar-refractivity contribution in [2.24, 2.45) is 5.92 Å². The number of thiazole rings is 1. The molecular formula is C19H28N4O4S. The van der Waals surface area contributed by atoms with E-state index in [0.717, 1.165) is 25.7 Å². The van der Waals surface area contributed by atoms with Crippen LogP contribution in [0.5, 0.6) is 0 Å². The highest BCUT2D eigenvalue weighted by molar-refractivity contribution is 7.13. The van der Waals surface area contributed by atoms with Crippen molar-refractivity contribution < 1.29 is 19.1 Å². The molecule has 1 aliphatic carbocycles. The number of carbonyl (C=O) groups is 3. The first kappa shape index (κ1) is 20.6. The fraction of sp³-hybridized carbons (Fsp3) is 0.684. The fourth-order valence-electron chi connectivity index (χ4n) is 3.81. The molecule has 0 radical (unpaired) electrons. The molecule has 1 aromatic rings. The maximum absolute atomic E-state index is 12.5. The van der Waals surface area contributed by atoms with Crippen LogP contribution in [0.25, 0.3) is 0 Å². The molecule has 2 fully saturated rings. The zero-order valence-corrected chi connectivity index (χ0v) is 17.1. The lowest BCUT2D eigenvalue weighted by Crippen LogP contribution is -2.41. The van der Waals surface area contributed by atoms with Crippen LogP contribution in [0.4, 0.5) is 9.93 Å². The third kappa shape index (κ3) is 5.67. The van der Waals surface area contributed by atoms with Crippen LogP contribution < -0.4 is 10.6 Å². The summed E-state index contributed by atoms with van der Waals surface area (Å²) in [7, 11) is 1.39. The Hall–Kier alpha value is -2.16. The van der Waals surface area contributed by atoms with Gasteiger partial charge < -0.3 is 15.0 Å². The Kier molecular flexibility index (Phi) is 7.24. The van der Waals surface area contributed by atoms with Crippen molar-refractivity contribution in [2.45, 2.75) is 57.4 Å². The summed E-state index contributed by atoms with van der Waals surface area (Å²) in [6, 6.07) is 0.00619. The van der Waals surface area contributed by atoms with E-state index in [1.165, 1.54) is 24.9 Å². The summed E-state index contributed by atoms with van der Waals surface area (Å²) in [5, 5.41) is 8.06. The third-order valence-electron chi connectivity index (χ3n) is 5.43. The molecule has 1 aromatic heterocycles. The molecule has 9 heteroatoms. The molecule has 8 nitrogen and oxygen atoms in total. The number of hydrogen-bond acceptors (Lipinski definition) is 6. The number of likely N-dealkylation sites (tertiary alicyclic amines) is 1. The average molecular weight is 409 g/mol. The Morgan fingerprint density at radius 2 is 1.89 bits per heavy atom. The summed E-state index contributed by atoms with van der Waals surface area (Å²) in [6.07, 6.45) is 7.06. The highest BCUT2D eigenvalue weighted by Crippen LogP contribution is 2.21.